The molecule has 11 heavy (non-hydrogen) atoms. The van der Waals surface area contributed by atoms with Crippen LogP contribution in [0.1, 0.15) is 12.8 Å². The van der Waals surface area contributed by atoms with Gasteiger partial charge in [0, 0.05) is 0 Å². The van der Waals surface area contributed by atoms with Gasteiger partial charge in [0.2, 0.25) is 0 Å². The van der Waals surface area contributed by atoms with Crippen LogP contribution in [0.15, 0.2) is 0 Å². The first kappa shape index (κ1) is 11.5. The van der Waals surface area contributed by atoms with Crippen LogP contribution in [-0.2, 0) is 0 Å². The zero-order chi connectivity index (χ0) is 8.48. The minimum atomic E-state index is -1.45. The van der Waals surface area contributed by atoms with Crippen molar-refractivity contribution in [3.63, 3.8) is 0 Å². The van der Waals surface area contributed by atoms with Gasteiger partial charge in [-0.15, -0.1) is 0 Å². The number of halogens is 4. The van der Waals surface area contributed by atoms with Gasteiger partial charge in [-0.25, -0.2) is 0 Å². The Morgan fingerprint density at radius 3 is 1.55 bits per heavy atom. The van der Waals surface area contributed by atoms with Crippen LogP contribution in [0.3, 0.4) is 0 Å². The van der Waals surface area contributed by atoms with Crippen LogP contribution < -0.4 is 0 Å². The van der Waals surface area contributed by atoms with Gasteiger partial charge in [-0.05, 0) is 0 Å². The van der Waals surface area contributed by atoms with Crippen molar-refractivity contribution in [2.75, 3.05) is 10.7 Å². The van der Waals surface area contributed by atoms with Crippen LogP contribution in [0.2, 0.25) is 9.63 Å². The molecule has 0 unspecified atom stereocenters. The van der Waals surface area contributed by atoms with E-state index in [1.165, 1.54) is 12.8 Å². The predicted molar refractivity (Wildman–Crippen MR) is 67.9 cm³/mol. The third-order valence-electron chi connectivity index (χ3n) is 2.04. The minimum absolute atomic E-state index is 0.869. The Kier molecular flexibility index (Phi) is 5.01. The van der Waals surface area contributed by atoms with E-state index in [-0.39, 0.29) is 0 Å². The molecule has 5 heteroatoms. The fourth-order valence-electron chi connectivity index (χ4n) is 1.28. The molecule has 68 valence electrons. The molecule has 0 saturated carbocycles. The van der Waals surface area contributed by atoms with Crippen LogP contribution in [0.4, 0.5) is 0 Å². The summed E-state index contributed by atoms with van der Waals surface area (Å²) in [6.45, 7) is 0. The zero-order valence-electron chi connectivity index (χ0n) is 5.90. The normalized spacial score (nSPS) is 38.9. The van der Waals surface area contributed by atoms with Crippen LogP contribution >= 0.6 is 60.1 Å². The summed E-state index contributed by atoms with van der Waals surface area (Å²) in [7, 11) is -1.45. The molecule has 1 saturated heterocycles. The van der Waals surface area contributed by atoms with Crippen molar-refractivity contribution in [2.24, 2.45) is 0 Å². The van der Waals surface area contributed by atoms with Crippen molar-refractivity contribution < 1.29 is 0 Å². The molecule has 1 aliphatic rings. The summed E-state index contributed by atoms with van der Waals surface area (Å²) in [5, 5.41) is 2.29. The Morgan fingerprint density at radius 2 is 1.36 bits per heavy atom. The summed E-state index contributed by atoms with van der Waals surface area (Å²) >= 11 is 15.0. The predicted octanol–water partition coefficient (Wildman–Crippen LogP) is 4.54. The quantitative estimate of drug-likeness (QED) is 0.402. The van der Waals surface area contributed by atoms with E-state index in [1.807, 2.05) is 0 Å². The summed E-state index contributed by atoms with van der Waals surface area (Å²) in [5.74, 6) is 0. The molecule has 0 aromatic heterocycles. The second-order valence-electron chi connectivity index (χ2n) is 2.68. The molecular weight excluding hydrogens is 471 g/mol. The number of rotatable bonds is 2. The van der Waals surface area contributed by atoms with E-state index in [4.69, 9.17) is 0 Å². The summed E-state index contributed by atoms with van der Waals surface area (Å²) in [5.41, 5.74) is 0. The molecular formula is C6H10Br4Se. The number of hydrogen-bond acceptors (Lipinski definition) is 0. The van der Waals surface area contributed by atoms with Gasteiger partial charge < -0.3 is 0 Å². The Morgan fingerprint density at radius 1 is 1.00 bits per heavy atom. The molecule has 1 heterocycles. The Hall–Kier alpha value is 2.44. The van der Waals surface area contributed by atoms with Gasteiger partial charge in [0.05, 0.1) is 0 Å². The van der Waals surface area contributed by atoms with Crippen molar-refractivity contribution in [1.29, 1.82) is 0 Å². The average Bonchev–Trinajstić information content (AvgIpc) is 2.24. The molecule has 0 aliphatic carbocycles. The van der Waals surface area contributed by atoms with Crippen LogP contribution in [0.5, 0.6) is 0 Å². The van der Waals surface area contributed by atoms with Gasteiger partial charge in [0.25, 0.3) is 0 Å². The molecule has 1 aliphatic heterocycles. The summed E-state index contributed by atoms with van der Waals surface area (Å²) in [4.78, 5) is 1.74. The zero-order valence-corrected chi connectivity index (χ0v) is 14.0. The van der Waals surface area contributed by atoms with Crippen LogP contribution in [-0.4, -0.2) is 19.9 Å². The topological polar surface area (TPSA) is 0 Å². The van der Waals surface area contributed by atoms with Gasteiger partial charge in [0.1, 0.15) is 0 Å². The summed E-state index contributed by atoms with van der Waals surface area (Å²) in [6.07, 6.45) is 2.75. The molecule has 0 nitrogen and oxygen atoms in total. The first-order valence-corrected chi connectivity index (χ1v) is 15.7. The first-order valence-electron chi connectivity index (χ1n) is 3.45. The molecule has 0 aromatic carbocycles. The van der Waals surface area contributed by atoms with Crippen molar-refractivity contribution in [3.8, 4) is 0 Å². The molecule has 0 radical (unpaired) electrons. The molecule has 1 fully saturated rings. The molecule has 1 rings (SSSR count). The summed E-state index contributed by atoms with van der Waals surface area (Å²) < 4.78 is 0. The summed E-state index contributed by atoms with van der Waals surface area (Å²) in [6, 6.07) is 0. The fourth-order valence-corrected chi connectivity index (χ4v) is 24.0. The molecule has 0 bridgehead atoms. The van der Waals surface area contributed by atoms with Crippen molar-refractivity contribution in [3.05, 3.63) is 0 Å². The monoisotopic (exact) mass is 478 g/mol. The van der Waals surface area contributed by atoms with Gasteiger partial charge in [-0.3, -0.25) is 0 Å². The third kappa shape index (κ3) is 2.47. The number of alkyl halides is 2. The van der Waals surface area contributed by atoms with E-state index in [1.54, 1.807) is 0 Å². The number of hydrogen-bond donors (Lipinski definition) is 0. The second-order valence-corrected chi connectivity index (χ2v) is 24.7. The van der Waals surface area contributed by atoms with E-state index in [0.717, 1.165) is 20.3 Å². The van der Waals surface area contributed by atoms with Crippen molar-refractivity contribution >= 4 is 69.3 Å². The Balaban J connectivity index is 2.64. The average molecular weight is 481 g/mol. The SMILES string of the molecule is BrC[C@@H]1CC[C@H](CBr)[Se]1(Br)Br. The van der Waals surface area contributed by atoms with Crippen molar-refractivity contribution in [1.82, 2.24) is 0 Å². The standard InChI is InChI=1S/C6H10Br4Se/c7-3-5-1-2-6(4-8)11(5,9)10/h5-6H,1-4H2/t5-,6+. The van der Waals surface area contributed by atoms with E-state index in [9.17, 15) is 0 Å². The van der Waals surface area contributed by atoms with Gasteiger partial charge in [-0.1, -0.05) is 0 Å². The maximum absolute atomic E-state index is 3.91. The molecule has 0 spiro atoms. The molecule has 0 amide bonds. The molecule has 2 atom stereocenters. The van der Waals surface area contributed by atoms with E-state index in [2.05, 4.69) is 60.1 Å². The van der Waals surface area contributed by atoms with E-state index in [0.29, 0.717) is 0 Å². The Bertz CT molecular complexity index is 125. The first-order chi connectivity index (χ1) is 5.12. The Labute approximate surface area is 101 Å². The van der Waals surface area contributed by atoms with Gasteiger partial charge in [-0.2, -0.15) is 0 Å². The molecule has 0 aromatic rings. The third-order valence-corrected chi connectivity index (χ3v) is 21.9. The van der Waals surface area contributed by atoms with E-state index >= 15 is 0 Å². The van der Waals surface area contributed by atoms with Crippen molar-refractivity contribution in [2.45, 2.75) is 22.5 Å². The van der Waals surface area contributed by atoms with Crippen LogP contribution in [0, 0.1) is 0 Å². The van der Waals surface area contributed by atoms with E-state index < -0.39 is 9.23 Å². The van der Waals surface area contributed by atoms with Gasteiger partial charge in [0.15, 0.2) is 0 Å². The second kappa shape index (κ2) is 4.79. The molecule has 0 N–H and O–H groups in total. The maximum atomic E-state index is 3.91. The fraction of sp³-hybridized carbons (Fsp3) is 1.00. The van der Waals surface area contributed by atoms with Crippen LogP contribution in [0.25, 0.3) is 0 Å². The van der Waals surface area contributed by atoms with Gasteiger partial charge >= 0.3 is 102 Å².